The number of amides is 2. The molecule has 4 aromatic carbocycles. The van der Waals surface area contributed by atoms with Gasteiger partial charge in [0.2, 0.25) is 11.8 Å². The average molecular weight is 491 g/mol. The van der Waals surface area contributed by atoms with Crippen molar-refractivity contribution >= 4 is 11.8 Å². The van der Waals surface area contributed by atoms with Crippen LogP contribution in [-0.4, -0.2) is 29.8 Å². The number of likely N-dealkylation sites (N-methyl/N-ethyl adjacent to an activating group) is 1. The number of nitrogens with zero attached hydrogens (tertiary/aromatic N) is 1. The standard InChI is InChI=1S/C33H34N2O2/c1-25-13-12-16-27(21-25)24-35(31(33(37)34-2)22-26-14-6-3-7-15-26)32(36)23-30(28-17-8-4-9-18-28)29-19-10-5-11-20-29/h3-21,30-31H,22-24H2,1-2H3,(H,34,37). The number of rotatable bonds is 10. The second kappa shape index (κ2) is 12.7. The van der Waals surface area contributed by atoms with E-state index in [1.165, 1.54) is 0 Å². The van der Waals surface area contributed by atoms with Gasteiger partial charge in [-0.3, -0.25) is 9.59 Å². The van der Waals surface area contributed by atoms with Crippen molar-refractivity contribution in [2.45, 2.75) is 38.3 Å². The zero-order chi connectivity index (χ0) is 26.0. The quantitative estimate of drug-likeness (QED) is 0.301. The number of carbonyl (C=O) groups excluding carboxylic acids is 2. The zero-order valence-corrected chi connectivity index (χ0v) is 21.5. The summed E-state index contributed by atoms with van der Waals surface area (Å²) in [5, 5.41) is 2.80. The fraction of sp³-hybridized carbons (Fsp3) is 0.212. The van der Waals surface area contributed by atoms with Gasteiger partial charge in [-0.05, 0) is 29.2 Å². The number of benzene rings is 4. The molecule has 0 aliphatic carbocycles. The fourth-order valence-corrected chi connectivity index (χ4v) is 4.82. The molecule has 0 aliphatic heterocycles. The monoisotopic (exact) mass is 490 g/mol. The van der Waals surface area contributed by atoms with E-state index in [0.717, 1.165) is 27.8 Å². The highest BCUT2D eigenvalue weighted by atomic mass is 16.2. The Morgan fingerprint density at radius 3 is 1.81 bits per heavy atom. The molecule has 1 N–H and O–H groups in total. The summed E-state index contributed by atoms with van der Waals surface area (Å²) in [6, 6.07) is 37.6. The molecular formula is C33H34N2O2. The second-order valence-corrected chi connectivity index (χ2v) is 9.41. The normalized spacial score (nSPS) is 11.6. The van der Waals surface area contributed by atoms with Crippen LogP contribution >= 0.6 is 0 Å². The SMILES string of the molecule is CNC(=O)C(Cc1ccccc1)N(Cc1cccc(C)c1)C(=O)CC(c1ccccc1)c1ccccc1. The van der Waals surface area contributed by atoms with Gasteiger partial charge in [-0.25, -0.2) is 0 Å². The molecule has 1 unspecified atom stereocenters. The molecular weight excluding hydrogens is 456 g/mol. The molecule has 37 heavy (non-hydrogen) atoms. The van der Waals surface area contributed by atoms with Gasteiger partial charge in [0.1, 0.15) is 6.04 Å². The van der Waals surface area contributed by atoms with Crippen molar-refractivity contribution in [3.63, 3.8) is 0 Å². The lowest BCUT2D eigenvalue weighted by molar-refractivity contribution is -0.141. The van der Waals surface area contributed by atoms with Gasteiger partial charge in [0.15, 0.2) is 0 Å². The molecule has 4 heteroatoms. The Balaban J connectivity index is 1.71. The van der Waals surface area contributed by atoms with Crippen LogP contribution in [0.5, 0.6) is 0 Å². The van der Waals surface area contributed by atoms with Crippen molar-refractivity contribution in [1.29, 1.82) is 0 Å². The Labute approximate surface area is 220 Å². The van der Waals surface area contributed by atoms with Gasteiger partial charge >= 0.3 is 0 Å². The van der Waals surface area contributed by atoms with Crippen LogP contribution in [-0.2, 0) is 22.6 Å². The maximum Gasteiger partial charge on any atom is 0.242 e. The van der Waals surface area contributed by atoms with Gasteiger partial charge in [0.05, 0.1) is 0 Å². The third kappa shape index (κ3) is 6.95. The van der Waals surface area contributed by atoms with Gasteiger partial charge in [0.25, 0.3) is 0 Å². The largest absolute Gasteiger partial charge is 0.357 e. The number of carbonyl (C=O) groups is 2. The molecule has 0 spiro atoms. The van der Waals surface area contributed by atoms with Crippen LogP contribution in [0, 0.1) is 6.92 Å². The Morgan fingerprint density at radius 2 is 1.27 bits per heavy atom. The molecule has 1 atom stereocenters. The van der Waals surface area contributed by atoms with E-state index >= 15 is 0 Å². The van der Waals surface area contributed by atoms with Crippen molar-refractivity contribution in [3.05, 3.63) is 143 Å². The van der Waals surface area contributed by atoms with Crippen LogP contribution in [0.3, 0.4) is 0 Å². The molecule has 188 valence electrons. The van der Waals surface area contributed by atoms with Crippen LogP contribution in [0.4, 0.5) is 0 Å². The highest BCUT2D eigenvalue weighted by Gasteiger charge is 2.31. The van der Waals surface area contributed by atoms with E-state index in [9.17, 15) is 9.59 Å². The lowest BCUT2D eigenvalue weighted by Crippen LogP contribution is -2.50. The van der Waals surface area contributed by atoms with E-state index in [1.54, 1.807) is 11.9 Å². The predicted molar refractivity (Wildman–Crippen MR) is 149 cm³/mol. The summed E-state index contributed by atoms with van der Waals surface area (Å²) in [4.78, 5) is 29.2. The van der Waals surface area contributed by atoms with E-state index < -0.39 is 6.04 Å². The Bertz CT molecular complexity index is 1250. The summed E-state index contributed by atoms with van der Waals surface area (Å²) >= 11 is 0. The van der Waals surface area contributed by atoms with Crippen molar-refractivity contribution < 1.29 is 9.59 Å². The molecule has 4 aromatic rings. The van der Waals surface area contributed by atoms with Crippen LogP contribution in [0.1, 0.15) is 40.2 Å². The Hall–Kier alpha value is -4.18. The van der Waals surface area contributed by atoms with Gasteiger partial charge in [-0.2, -0.15) is 0 Å². The topological polar surface area (TPSA) is 49.4 Å². The lowest BCUT2D eigenvalue weighted by Gasteiger charge is -2.32. The van der Waals surface area contributed by atoms with Crippen molar-refractivity contribution in [1.82, 2.24) is 10.2 Å². The minimum Gasteiger partial charge on any atom is -0.357 e. The summed E-state index contributed by atoms with van der Waals surface area (Å²) in [7, 11) is 1.63. The van der Waals surface area contributed by atoms with Crippen molar-refractivity contribution in [2.24, 2.45) is 0 Å². The van der Waals surface area contributed by atoms with E-state index in [0.29, 0.717) is 13.0 Å². The fourth-order valence-electron chi connectivity index (χ4n) is 4.82. The molecule has 0 bridgehead atoms. The summed E-state index contributed by atoms with van der Waals surface area (Å²) in [6.45, 7) is 2.40. The first-order chi connectivity index (χ1) is 18.0. The maximum absolute atomic E-state index is 14.2. The number of nitrogens with one attached hydrogen (secondary N) is 1. The number of aryl methyl sites for hydroxylation is 1. The maximum atomic E-state index is 14.2. The van der Waals surface area contributed by atoms with Crippen LogP contribution < -0.4 is 5.32 Å². The minimum absolute atomic E-state index is 0.0521. The molecule has 2 amide bonds. The summed E-state index contributed by atoms with van der Waals surface area (Å²) < 4.78 is 0. The second-order valence-electron chi connectivity index (χ2n) is 9.41. The Morgan fingerprint density at radius 1 is 0.730 bits per heavy atom. The van der Waals surface area contributed by atoms with Crippen LogP contribution in [0.25, 0.3) is 0 Å². The first-order valence-corrected chi connectivity index (χ1v) is 12.8. The smallest absolute Gasteiger partial charge is 0.242 e. The molecule has 0 heterocycles. The van der Waals surface area contributed by atoms with Gasteiger partial charge in [-0.15, -0.1) is 0 Å². The van der Waals surface area contributed by atoms with Crippen molar-refractivity contribution in [3.8, 4) is 0 Å². The molecule has 0 saturated heterocycles. The average Bonchev–Trinajstić information content (AvgIpc) is 2.94. The van der Waals surface area contributed by atoms with E-state index in [2.05, 4.69) is 35.6 Å². The molecule has 0 radical (unpaired) electrons. The summed E-state index contributed by atoms with van der Waals surface area (Å²) in [5.41, 5.74) is 5.30. The molecule has 0 aromatic heterocycles. The van der Waals surface area contributed by atoms with E-state index in [1.807, 2.05) is 91.9 Å². The summed E-state index contributed by atoms with van der Waals surface area (Å²) in [5.74, 6) is -0.332. The van der Waals surface area contributed by atoms with E-state index in [-0.39, 0.29) is 24.2 Å². The van der Waals surface area contributed by atoms with Crippen molar-refractivity contribution in [2.75, 3.05) is 7.05 Å². The van der Waals surface area contributed by atoms with Gasteiger partial charge in [-0.1, -0.05) is 121 Å². The summed E-state index contributed by atoms with van der Waals surface area (Å²) in [6.07, 6.45) is 0.710. The van der Waals surface area contributed by atoms with Crippen LogP contribution in [0.15, 0.2) is 115 Å². The molecule has 0 aliphatic rings. The zero-order valence-electron chi connectivity index (χ0n) is 21.5. The van der Waals surface area contributed by atoms with Crippen LogP contribution in [0.2, 0.25) is 0 Å². The third-order valence-electron chi connectivity index (χ3n) is 6.74. The molecule has 0 saturated carbocycles. The molecule has 4 rings (SSSR count). The van der Waals surface area contributed by atoms with Gasteiger partial charge in [0, 0.05) is 32.4 Å². The molecule has 0 fully saturated rings. The number of hydrogen-bond acceptors (Lipinski definition) is 2. The third-order valence-corrected chi connectivity index (χ3v) is 6.74. The minimum atomic E-state index is -0.632. The Kier molecular flexibility index (Phi) is 8.88. The molecule has 4 nitrogen and oxygen atoms in total. The highest BCUT2D eigenvalue weighted by Crippen LogP contribution is 2.30. The van der Waals surface area contributed by atoms with E-state index in [4.69, 9.17) is 0 Å². The lowest BCUT2D eigenvalue weighted by atomic mass is 9.87. The first-order valence-electron chi connectivity index (χ1n) is 12.8. The highest BCUT2D eigenvalue weighted by molar-refractivity contribution is 5.88. The van der Waals surface area contributed by atoms with Gasteiger partial charge < -0.3 is 10.2 Å². The number of hydrogen-bond donors (Lipinski definition) is 1. The first kappa shape index (κ1) is 25.9. The predicted octanol–water partition coefficient (Wildman–Crippen LogP) is 5.90.